The highest BCUT2D eigenvalue weighted by atomic mass is 19.1. The van der Waals surface area contributed by atoms with Crippen LogP contribution in [0.2, 0.25) is 0 Å². The molecule has 2 rings (SSSR count). The molecule has 16 heavy (non-hydrogen) atoms. The zero-order valence-electron chi connectivity index (χ0n) is 9.87. The Balaban J connectivity index is 2.49. The van der Waals surface area contributed by atoms with Crippen LogP contribution in [-0.4, -0.2) is 16.1 Å². The Morgan fingerprint density at radius 2 is 2.06 bits per heavy atom. The molecule has 2 heterocycles. The van der Waals surface area contributed by atoms with Crippen LogP contribution in [0, 0.1) is 6.08 Å². The van der Waals surface area contributed by atoms with E-state index in [1.807, 2.05) is 27.7 Å². The summed E-state index contributed by atoms with van der Waals surface area (Å²) in [7, 11) is 0. The van der Waals surface area contributed by atoms with Gasteiger partial charge in [-0.15, -0.1) is 0 Å². The maximum atomic E-state index is 13.3. The quantitative estimate of drug-likeness (QED) is 0.725. The van der Waals surface area contributed by atoms with Gasteiger partial charge in [0, 0.05) is 0 Å². The second kappa shape index (κ2) is 3.66. The normalized spacial score (nSPS) is 17.6. The van der Waals surface area contributed by atoms with Gasteiger partial charge in [0.25, 0.3) is 0 Å². The summed E-state index contributed by atoms with van der Waals surface area (Å²) in [6.07, 6.45) is -0.824. The largest absolute Gasteiger partial charge is 0.475 e. The van der Waals surface area contributed by atoms with Crippen LogP contribution in [-0.2, 0) is 16.9 Å². The van der Waals surface area contributed by atoms with E-state index in [1.54, 1.807) is 0 Å². The van der Waals surface area contributed by atoms with Gasteiger partial charge in [0.05, 0.1) is 24.0 Å². The first-order chi connectivity index (χ1) is 7.40. The fraction of sp³-hybridized carbons (Fsp3) is 0.636. The third-order valence-electron chi connectivity index (χ3n) is 2.44. The molecule has 0 fully saturated rings. The Hall–Kier alpha value is -1.23. The Kier molecular flexibility index (Phi) is 2.58. The number of nitrogens with zero attached hydrogens (tertiary/aromatic N) is 2. The number of rotatable bonds is 2. The van der Waals surface area contributed by atoms with Gasteiger partial charge in [-0.25, -0.2) is 4.98 Å². The Morgan fingerprint density at radius 3 is 2.69 bits per heavy atom. The van der Waals surface area contributed by atoms with Gasteiger partial charge in [-0.05, 0) is 27.7 Å². The number of halogens is 1. The highest BCUT2D eigenvalue weighted by Gasteiger charge is 2.36. The number of aromatic nitrogens is 2. The molecule has 0 saturated heterocycles. The second-order valence-corrected chi connectivity index (χ2v) is 4.59. The average molecular weight is 226 g/mol. The minimum Gasteiger partial charge on any atom is -0.475 e. The van der Waals surface area contributed by atoms with Gasteiger partial charge in [-0.1, -0.05) is 0 Å². The molecule has 0 aromatic carbocycles. The van der Waals surface area contributed by atoms with Crippen LogP contribution in [0.4, 0.5) is 4.39 Å². The molecule has 0 amide bonds. The SMILES string of the molecule is CC(C)Oc1nc(F)nc2c1COC2(C)C. The molecule has 1 aromatic heterocycles. The highest BCUT2D eigenvalue weighted by molar-refractivity contribution is 5.35. The maximum absolute atomic E-state index is 13.3. The van der Waals surface area contributed by atoms with Crippen LogP contribution in [0.15, 0.2) is 0 Å². The highest BCUT2D eigenvalue weighted by Crippen LogP contribution is 2.38. The van der Waals surface area contributed by atoms with Crippen molar-refractivity contribution in [3.63, 3.8) is 0 Å². The minimum atomic E-state index is -0.770. The van der Waals surface area contributed by atoms with E-state index in [9.17, 15) is 4.39 Å². The fourth-order valence-electron chi connectivity index (χ4n) is 1.71. The van der Waals surface area contributed by atoms with Crippen molar-refractivity contribution in [2.75, 3.05) is 0 Å². The van der Waals surface area contributed by atoms with E-state index in [0.29, 0.717) is 18.2 Å². The molecule has 0 saturated carbocycles. The van der Waals surface area contributed by atoms with Crippen molar-refractivity contribution in [2.24, 2.45) is 0 Å². The van der Waals surface area contributed by atoms with E-state index in [-0.39, 0.29) is 6.10 Å². The Bertz CT molecular complexity index is 419. The molecule has 0 atom stereocenters. The molecular weight excluding hydrogens is 211 g/mol. The molecule has 1 aliphatic rings. The van der Waals surface area contributed by atoms with Crippen LogP contribution in [0.5, 0.6) is 5.88 Å². The summed E-state index contributed by atoms with van der Waals surface area (Å²) in [5.41, 5.74) is 0.754. The monoisotopic (exact) mass is 226 g/mol. The van der Waals surface area contributed by atoms with E-state index in [0.717, 1.165) is 5.56 Å². The molecule has 0 aliphatic carbocycles. The molecular formula is C11H15FN2O2. The first-order valence-electron chi connectivity index (χ1n) is 5.27. The number of hydrogen-bond donors (Lipinski definition) is 0. The van der Waals surface area contributed by atoms with Gasteiger partial charge in [0.15, 0.2) is 0 Å². The van der Waals surface area contributed by atoms with Crippen molar-refractivity contribution < 1.29 is 13.9 Å². The average Bonchev–Trinajstić information content (AvgIpc) is 2.42. The molecule has 0 unspecified atom stereocenters. The topological polar surface area (TPSA) is 44.2 Å². The zero-order valence-corrected chi connectivity index (χ0v) is 9.87. The third-order valence-corrected chi connectivity index (χ3v) is 2.44. The van der Waals surface area contributed by atoms with E-state index < -0.39 is 11.7 Å². The molecule has 0 bridgehead atoms. The first-order valence-corrected chi connectivity index (χ1v) is 5.27. The van der Waals surface area contributed by atoms with Gasteiger partial charge < -0.3 is 9.47 Å². The van der Waals surface area contributed by atoms with Crippen molar-refractivity contribution >= 4 is 0 Å². The minimum absolute atomic E-state index is 0.0536. The number of hydrogen-bond acceptors (Lipinski definition) is 4. The lowest BCUT2D eigenvalue weighted by Crippen LogP contribution is -2.18. The molecule has 88 valence electrons. The smallest absolute Gasteiger partial charge is 0.312 e. The van der Waals surface area contributed by atoms with E-state index in [1.165, 1.54) is 0 Å². The molecule has 0 spiro atoms. The van der Waals surface area contributed by atoms with Gasteiger partial charge in [0.1, 0.15) is 5.60 Å². The summed E-state index contributed by atoms with van der Waals surface area (Å²) in [6.45, 7) is 7.81. The van der Waals surface area contributed by atoms with Crippen LogP contribution in [0.1, 0.15) is 39.0 Å². The molecule has 1 aromatic rings. The van der Waals surface area contributed by atoms with Crippen molar-refractivity contribution in [1.82, 2.24) is 9.97 Å². The van der Waals surface area contributed by atoms with Crippen LogP contribution >= 0.6 is 0 Å². The first kappa shape index (κ1) is 11.3. The standard InChI is InChI=1S/C11H15FN2O2/c1-6(2)16-9-7-5-15-11(3,4)8(7)13-10(12)14-9/h6H,5H2,1-4H3. The third kappa shape index (κ3) is 1.87. The maximum Gasteiger partial charge on any atom is 0.312 e. The molecule has 1 aliphatic heterocycles. The number of fused-ring (bicyclic) bond motifs is 1. The van der Waals surface area contributed by atoms with Gasteiger partial charge in [0.2, 0.25) is 5.88 Å². The predicted molar refractivity (Wildman–Crippen MR) is 55.6 cm³/mol. The fourth-order valence-corrected chi connectivity index (χ4v) is 1.71. The molecule has 4 nitrogen and oxygen atoms in total. The van der Waals surface area contributed by atoms with Gasteiger partial charge in [-0.3, -0.25) is 0 Å². The van der Waals surface area contributed by atoms with Crippen LogP contribution in [0.25, 0.3) is 0 Å². The lowest BCUT2D eigenvalue weighted by Gasteiger charge is -2.17. The van der Waals surface area contributed by atoms with Crippen LogP contribution < -0.4 is 4.74 Å². The summed E-state index contributed by atoms with van der Waals surface area (Å²) in [6, 6.07) is 0. The Labute approximate surface area is 93.8 Å². The lowest BCUT2D eigenvalue weighted by atomic mass is 10.0. The summed E-state index contributed by atoms with van der Waals surface area (Å²) in [5.74, 6) is 0.295. The van der Waals surface area contributed by atoms with Crippen LogP contribution in [0.3, 0.4) is 0 Å². The van der Waals surface area contributed by atoms with Crippen molar-refractivity contribution in [2.45, 2.75) is 46.0 Å². The zero-order chi connectivity index (χ0) is 11.9. The summed E-state index contributed by atoms with van der Waals surface area (Å²) < 4.78 is 24.3. The van der Waals surface area contributed by atoms with E-state index in [4.69, 9.17) is 9.47 Å². The van der Waals surface area contributed by atoms with Gasteiger partial charge >= 0.3 is 6.08 Å². The van der Waals surface area contributed by atoms with Gasteiger partial charge in [-0.2, -0.15) is 9.37 Å². The molecule has 0 radical (unpaired) electrons. The molecule has 5 heteroatoms. The van der Waals surface area contributed by atoms with Crippen molar-refractivity contribution in [3.8, 4) is 5.88 Å². The van der Waals surface area contributed by atoms with Crippen molar-refractivity contribution in [1.29, 1.82) is 0 Å². The van der Waals surface area contributed by atoms with Crippen molar-refractivity contribution in [3.05, 3.63) is 17.3 Å². The lowest BCUT2D eigenvalue weighted by molar-refractivity contribution is -0.0107. The molecule has 0 N–H and O–H groups in total. The predicted octanol–water partition coefficient (Wildman–Crippen LogP) is 2.17. The Morgan fingerprint density at radius 1 is 1.38 bits per heavy atom. The summed E-state index contributed by atoms with van der Waals surface area (Å²) in [4.78, 5) is 7.46. The second-order valence-electron chi connectivity index (χ2n) is 4.59. The van der Waals surface area contributed by atoms with E-state index in [2.05, 4.69) is 9.97 Å². The van der Waals surface area contributed by atoms with E-state index >= 15 is 0 Å². The summed E-state index contributed by atoms with van der Waals surface area (Å²) in [5, 5.41) is 0. The summed E-state index contributed by atoms with van der Waals surface area (Å²) >= 11 is 0. The number of ether oxygens (including phenoxy) is 2.